The van der Waals surface area contributed by atoms with Gasteiger partial charge in [0.05, 0.1) is 0 Å². The third kappa shape index (κ3) is 4.05. The Morgan fingerprint density at radius 2 is 2.00 bits per heavy atom. The maximum atomic E-state index is 6.01. The quantitative estimate of drug-likeness (QED) is 0.935. The van der Waals surface area contributed by atoms with Gasteiger partial charge in [0.1, 0.15) is 0 Å². The van der Waals surface area contributed by atoms with Gasteiger partial charge in [0, 0.05) is 29.1 Å². The van der Waals surface area contributed by atoms with Gasteiger partial charge in [-0.3, -0.25) is 0 Å². The van der Waals surface area contributed by atoms with E-state index < -0.39 is 0 Å². The van der Waals surface area contributed by atoms with Crippen molar-refractivity contribution in [3.05, 3.63) is 34.7 Å². The molecule has 5 heteroatoms. The fourth-order valence-electron chi connectivity index (χ4n) is 1.79. The van der Waals surface area contributed by atoms with Gasteiger partial charge in [-0.1, -0.05) is 11.6 Å². The third-order valence-electron chi connectivity index (χ3n) is 2.87. The number of nitrogens with one attached hydrogen (secondary N) is 1. The molecule has 0 saturated heterocycles. The summed E-state index contributed by atoms with van der Waals surface area (Å²) >= 11 is 6.01. The number of nitrogens with zero attached hydrogens (tertiary/aromatic N) is 2. The highest BCUT2D eigenvalue weighted by atomic mass is 35.5. The SMILES string of the molecule is Cc1cc(-c2nnc(CCNC(C)(C)C)o2)ccc1Cl. The standard InChI is InChI=1S/C15H20ClN3O/c1-10-9-11(5-6-12(10)16)14-19-18-13(20-14)7-8-17-15(2,3)4/h5-6,9,17H,7-8H2,1-4H3. The molecule has 1 aromatic carbocycles. The molecule has 0 atom stereocenters. The molecule has 108 valence electrons. The Kier molecular flexibility index (Phi) is 4.45. The van der Waals surface area contributed by atoms with Crippen molar-refractivity contribution in [1.29, 1.82) is 0 Å². The van der Waals surface area contributed by atoms with Crippen LogP contribution >= 0.6 is 11.6 Å². The molecule has 0 radical (unpaired) electrons. The van der Waals surface area contributed by atoms with Crippen LogP contribution in [-0.4, -0.2) is 22.3 Å². The van der Waals surface area contributed by atoms with E-state index in [9.17, 15) is 0 Å². The second kappa shape index (κ2) is 5.94. The third-order valence-corrected chi connectivity index (χ3v) is 3.29. The summed E-state index contributed by atoms with van der Waals surface area (Å²) in [6.07, 6.45) is 0.719. The van der Waals surface area contributed by atoms with Crippen molar-refractivity contribution in [2.75, 3.05) is 6.54 Å². The molecule has 0 bridgehead atoms. The zero-order chi connectivity index (χ0) is 14.8. The summed E-state index contributed by atoms with van der Waals surface area (Å²) in [5.74, 6) is 1.18. The van der Waals surface area contributed by atoms with Crippen molar-refractivity contribution >= 4 is 11.6 Å². The van der Waals surface area contributed by atoms with E-state index in [2.05, 4.69) is 36.3 Å². The van der Waals surface area contributed by atoms with Crippen molar-refractivity contribution in [2.24, 2.45) is 0 Å². The number of aromatic nitrogens is 2. The Morgan fingerprint density at radius 1 is 1.25 bits per heavy atom. The van der Waals surface area contributed by atoms with Crippen molar-refractivity contribution in [3.8, 4) is 11.5 Å². The van der Waals surface area contributed by atoms with Gasteiger partial charge in [-0.15, -0.1) is 10.2 Å². The maximum Gasteiger partial charge on any atom is 0.247 e. The zero-order valence-electron chi connectivity index (χ0n) is 12.3. The van der Waals surface area contributed by atoms with Crippen LogP contribution in [0.1, 0.15) is 32.2 Å². The van der Waals surface area contributed by atoms with Crippen LogP contribution in [0.15, 0.2) is 22.6 Å². The van der Waals surface area contributed by atoms with E-state index in [-0.39, 0.29) is 5.54 Å². The molecule has 0 amide bonds. The Labute approximate surface area is 124 Å². The number of hydrogen-bond acceptors (Lipinski definition) is 4. The molecule has 2 rings (SSSR count). The average molecular weight is 294 g/mol. The van der Waals surface area contributed by atoms with E-state index in [1.807, 2.05) is 25.1 Å². The van der Waals surface area contributed by atoms with Crippen LogP contribution in [0.25, 0.3) is 11.5 Å². The van der Waals surface area contributed by atoms with E-state index in [1.165, 1.54) is 0 Å². The van der Waals surface area contributed by atoms with Gasteiger partial charge in [-0.05, 0) is 51.5 Å². The largest absolute Gasteiger partial charge is 0.421 e. The van der Waals surface area contributed by atoms with Crippen LogP contribution in [0, 0.1) is 6.92 Å². The lowest BCUT2D eigenvalue weighted by atomic mass is 10.1. The summed E-state index contributed by atoms with van der Waals surface area (Å²) in [5.41, 5.74) is 1.99. The minimum Gasteiger partial charge on any atom is -0.421 e. The number of rotatable bonds is 4. The fraction of sp³-hybridized carbons (Fsp3) is 0.467. The van der Waals surface area contributed by atoms with Crippen LogP contribution < -0.4 is 5.32 Å². The lowest BCUT2D eigenvalue weighted by Gasteiger charge is -2.19. The second-order valence-electron chi connectivity index (χ2n) is 5.89. The molecule has 20 heavy (non-hydrogen) atoms. The Morgan fingerprint density at radius 3 is 2.65 bits per heavy atom. The van der Waals surface area contributed by atoms with Crippen molar-refractivity contribution < 1.29 is 4.42 Å². The first-order valence-electron chi connectivity index (χ1n) is 6.69. The van der Waals surface area contributed by atoms with E-state index in [4.69, 9.17) is 16.0 Å². The Balaban J connectivity index is 2.03. The van der Waals surface area contributed by atoms with Crippen molar-refractivity contribution in [1.82, 2.24) is 15.5 Å². The van der Waals surface area contributed by atoms with Crippen LogP contribution in [0.3, 0.4) is 0 Å². The summed E-state index contributed by atoms with van der Waals surface area (Å²) in [6, 6.07) is 5.68. The highest BCUT2D eigenvalue weighted by Crippen LogP contribution is 2.23. The molecule has 0 unspecified atom stereocenters. The van der Waals surface area contributed by atoms with Crippen LogP contribution in [0.2, 0.25) is 5.02 Å². The number of aryl methyl sites for hydroxylation is 1. The maximum absolute atomic E-state index is 6.01. The fourth-order valence-corrected chi connectivity index (χ4v) is 1.91. The molecule has 0 spiro atoms. The van der Waals surface area contributed by atoms with E-state index >= 15 is 0 Å². The minimum atomic E-state index is 0.0934. The van der Waals surface area contributed by atoms with Crippen LogP contribution in [-0.2, 0) is 6.42 Å². The lowest BCUT2D eigenvalue weighted by Crippen LogP contribution is -2.37. The first-order chi connectivity index (χ1) is 9.35. The summed E-state index contributed by atoms with van der Waals surface area (Å²) < 4.78 is 5.67. The molecular formula is C15H20ClN3O. The van der Waals surface area contributed by atoms with Gasteiger partial charge in [0.2, 0.25) is 11.8 Å². The smallest absolute Gasteiger partial charge is 0.247 e. The number of benzene rings is 1. The molecule has 0 saturated carbocycles. The zero-order valence-corrected chi connectivity index (χ0v) is 13.1. The molecule has 1 heterocycles. The van der Waals surface area contributed by atoms with Crippen LogP contribution in [0.5, 0.6) is 0 Å². The number of halogens is 1. The molecule has 0 aliphatic rings. The van der Waals surface area contributed by atoms with Crippen molar-refractivity contribution in [2.45, 2.75) is 39.7 Å². The van der Waals surface area contributed by atoms with Gasteiger partial charge in [0.15, 0.2) is 0 Å². The molecular weight excluding hydrogens is 274 g/mol. The van der Waals surface area contributed by atoms with Gasteiger partial charge in [-0.2, -0.15) is 0 Å². The topological polar surface area (TPSA) is 51.0 Å². The van der Waals surface area contributed by atoms with Crippen LogP contribution in [0.4, 0.5) is 0 Å². The second-order valence-corrected chi connectivity index (χ2v) is 6.30. The molecule has 2 aromatic rings. The van der Waals surface area contributed by atoms with Gasteiger partial charge < -0.3 is 9.73 Å². The van der Waals surface area contributed by atoms with Gasteiger partial charge >= 0.3 is 0 Å². The molecule has 4 nitrogen and oxygen atoms in total. The normalized spacial score (nSPS) is 11.8. The lowest BCUT2D eigenvalue weighted by molar-refractivity contribution is 0.412. The number of hydrogen-bond donors (Lipinski definition) is 1. The van der Waals surface area contributed by atoms with E-state index in [1.54, 1.807) is 0 Å². The molecule has 0 aliphatic heterocycles. The monoisotopic (exact) mass is 293 g/mol. The molecule has 0 aliphatic carbocycles. The van der Waals surface area contributed by atoms with E-state index in [0.29, 0.717) is 11.8 Å². The first-order valence-corrected chi connectivity index (χ1v) is 7.07. The summed E-state index contributed by atoms with van der Waals surface area (Å²) in [4.78, 5) is 0. The van der Waals surface area contributed by atoms with Gasteiger partial charge in [-0.25, -0.2) is 0 Å². The Hall–Kier alpha value is -1.39. The molecule has 1 aromatic heterocycles. The predicted molar refractivity (Wildman–Crippen MR) is 80.9 cm³/mol. The molecule has 0 fully saturated rings. The Bertz CT molecular complexity index is 587. The van der Waals surface area contributed by atoms with Gasteiger partial charge in [0.25, 0.3) is 0 Å². The molecule has 1 N–H and O–H groups in total. The van der Waals surface area contributed by atoms with Crippen molar-refractivity contribution in [3.63, 3.8) is 0 Å². The highest BCUT2D eigenvalue weighted by molar-refractivity contribution is 6.31. The minimum absolute atomic E-state index is 0.0934. The van der Waals surface area contributed by atoms with E-state index in [0.717, 1.165) is 29.1 Å². The highest BCUT2D eigenvalue weighted by Gasteiger charge is 2.12. The summed E-state index contributed by atoms with van der Waals surface area (Å²) in [5, 5.41) is 12.3. The summed E-state index contributed by atoms with van der Waals surface area (Å²) in [6.45, 7) is 9.15. The average Bonchev–Trinajstić information content (AvgIpc) is 2.80. The summed E-state index contributed by atoms with van der Waals surface area (Å²) in [7, 11) is 0. The predicted octanol–water partition coefficient (Wildman–Crippen LogP) is 3.63. The first kappa shape index (κ1) is 15.0.